The maximum absolute atomic E-state index is 13.4. The minimum Gasteiger partial charge on any atom is -0.478 e. The molecule has 112 valence electrons. The first-order valence-electron chi connectivity index (χ1n) is 5.16. The summed E-state index contributed by atoms with van der Waals surface area (Å²) in [5.41, 5.74) is -1.85. The Morgan fingerprint density at radius 3 is 2.33 bits per heavy atom. The van der Waals surface area contributed by atoms with Crippen molar-refractivity contribution in [1.82, 2.24) is 10.2 Å². The Bertz CT molecular complexity index is 796. The molecular formula is C10H6F3N3O4S. The lowest BCUT2D eigenvalue weighted by atomic mass is 10.3. The van der Waals surface area contributed by atoms with Gasteiger partial charge in [-0.2, -0.15) is 13.5 Å². The summed E-state index contributed by atoms with van der Waals surface area (Å²) >= 11 is 0. The van der Waals surface area contributed by atoms with Gasteiger partial charge in [-0.1, -0.05) is 0 Å². The fourth-order valence-electron chi connectivity index (χ4n) is 1.46. The highest BCUT2D eigenvalue weighted by molar-refractivity contribution is 7.92. The molecule has 0 aliphatic carbocycles. The summed E-state index contributed by atoms with van der Waals surface area (Å²) in [6.45, 7) is 0. The van der Waals surface area contributed by atoms with E-state index >= 15 is 0 Å². The molecule has 0 saturated heterocycles. The van der Waals surface area contributed by atoms with Crippen molar-refractivity contribution in [1.29, 1.82) is 0 Å². The van der Waals surface area contributed by atoms with Crippen molar-refractivity contribution in [3.63, 3.8) is 0 Å². The largest absolute Gasteiger partial charge is 0.478 e. The molecule has 2 rings (SSSR count). The van der Waals surface area contributed by atoms with Gasteiger partial charge in [0.2, 0.25) is 0 Å². The molecule has 3 N–H and O–H groups in total. The van der Waals surface area contributed by atoms with Gasteiger partial charge in [0.15, 0.2) is 16.7 Å². The number of aromatic nitrogens is 2. The molecule has 0 bridgehead atoms. The average Bonchev–Trinajstić information content (AvgIpc) is 2.83. The van der Waals surface area contributed by atoms with Gasteiger partial charge in [0.1, 0.15) is 17.1 Å². The summed E-state index contributed by atoms with van der Waals surface area (Å²) in [4.78, 5) is 10.8. The van der Waals surface area contributed by atoms with Gasteiger partial charge in [-0.3, -0.25) is 9.82 Å². The molecule has 2 aromatic rings. The molecule has 11 heteroatoms. The maximum atomic E-state index is 13.4. The van der Waals surface area contributed by atoms with E-state index in [4.69, 9.17) is 5.11 Å². The third kappa shape index (κ3) is 2.81. The smallest absolute Gasteiger partial charge is 0.340 e. The second kappa shape index (κ2) is 5.09. The lowest BCUT2D eigenvalue weighted by Gasteiger charge is -2.09. The third-order valence-electron chi connectivity index (χ3n) is 2.35. The van der Waals surface area contributed by atoms with Crippen molar-refractivity contribution in [3.8, 4) is 0 Å². The number of hydrogen-bond acceptors (Lipinski definition) is 4. The van der Waals surface area contributed by atoms with Crippen molar-refractivity contribution in [2.75, 3.05) is 4.72 Å². The summed E-state index contributed by atoms with van der Waals surface area (Å²) in [6, 6.07) is 0.540. The van der Waals surface area contributed by atoms with Crippen LogP contribution in [0.25, 0.3) is 0 Å². The number of carbonyl (C=O) groups is 1. The van der Waals surface area contributed by atoms with Crippen LogP contribution in [0.15, 0.2) is 23.4 Å². The van der Waals surface area contributed by atoms with Crippen LogP contribution in [0.1, 0.15) is 10.4 Å². The van der Waals surface area contributed by atoms with Crippen LogP contribution in [-0.4, -0.2) is 29.7 Å². The van der Waals surface area contributed by atoms with Gasteiger partial charge in [-0.05, 0) is 0 Å². The van der Waals surface area contributed by atoms with Crippen molar-refractivity contribution < 1.29 is 31.5 Å². The number of anilines is 1. The average molecular weight is 321 g/mol. The van der Waals surface area contributed by atoms with Gasteiger partial charge in [-0.15, -0.1) is 0 Å². The Morgan fingerprint density at radius 1 is 1.24 bits per heavy atom. The Balaban J connectivity index is 2.48. The number of carboxylic acids is 1. The molecule has 1 aromatic heterocycles. The van der Waals surface area contributed by atoms with Gasteiger partial charge in [-0.25, -0.2) is 18.0 Å². The lowest BCUT2D eigenvalue weighted by molar-refractivity contribution is 0.0692. The van der Waals surface area contributed by atoms with Crippen LogP contribution in [0.2, 0.25) is 0 Å². The Kier molecular flexibility index (Phi) is 3.60. The van der Waals surface area contributed by atoms with Gasteiger partial charge in [0.05, 0.1) is 6.20 Å². The Hall–Kier alpha value is -2.56. The van der Waals surface area contributed by atoms with Crippen molar-refractivity contribution in [3.05, 3.63) is 41.3 Å². The number of carboxylic acid groups (broad SMARTS) is 1. The molecule has 7 nitrogen and oxygen atoms in total. The first-order valence-corrected chi connectivity index (χ1v) is 6.64. The number of sulfonamides is 1. The number of H-pyrrole nitrogens is 1. The van der Waals surface area contributed by atoms with E-state index in [-0.39, 0.29) is 12.1 Å². The van der Waals surface area contributed by atoms with Gasteiger partial charge in [0, 0.05) is 12.1 Å². The van der Waals surface area contributed by atoms with E-state index in [1.54, 1.807) is 0 Å². The van der Waals surface area contributed by atoms with E-state index < -0.39 is 49.7 Å². The number of aromatic carboxylic acids is 1. The number of nitrogens with zero attached hydrogens (tertiary/aromatic N) is 1. The van der Waals surface area contributed by atoms with Crippen molar-refractivity contribution in [2.24, 2.45) is 0 Å². The first-order chi connectivity index (χ1) is 9.72. The van der Waals surface area contributed by atoms with Crippen LogP contribution in [0, 0.1) is 17.5 Å². The molecule has 0 aliphatic rings. The third-order valence-corrected chi connectivity index (χ3v) is 3.67. The topological polar surface area (TPSA) is 112 Å². The molecule has 0 radical (unpaired) electrons. The van der Waals surface area contributed by atoms with E-state index in [1.807, 2.05) is 5.10 Å². The monoisotopic (exact) mass is 321 g/mol. The molecule has 21 heavy (non-hydrogen) atoms. The molecule has 0 spiro atoms. The summed E-state index contributed by atoms with van der Waals surface area (Å²) < 4.78 is 64.8. The minimum absolute atomic E-state index is 0.270. The van der Waals surface area contributed by atoms with Crippen LogP contribution < -0.4 is 4.72 Å². The molecule has 0 fully saturated rings. The molecule has 0 aliphatic heterocycles. The number of rotatable bonds is 4. The molecule has 0 atom stereocenters. The first kappa shape index (κ1) is 14.8. The molecule has 1 heterocycles. The van der Waals surface area contributed by atoms with Crippen LogP contribution >= 0.6 is 0 Å². The van der Waals surface area contributed by atoms with Crippen LogP contribution in [-0.2, 0) is 10.0 Å². The number of aromatic amines is 1. The second-order valence-corrected chi connectivity index (χ2v) is 5.39. The Labute approximate surface area is 115 Å². The second-order valence-electron chi connectivity index (χ2n) is 3.77. The summed E-state index contributed by atoms with van der Waals surface area (Å²) in [7, 11) is -4.65. The predicted octanol–water partition coefficient (Wildman–Crippen LogP) is 1.33. The highest BCUT2D eigenvalue weighted by Crippen LogP contribution is 2.24. The number of hydrogen-bond donors (Lipinski definition) is 3. The quantitative estimate of drug-likeness (QED) is 0.786. The van der Waals surface area contributed by atoms with Gasteiger partial charge >= 0.3 is 5.97 Å². The summed E-state index contributed by atoms with van der Waals surface area (Å²) in [6.07, 6.45) is 0.717. The zero-order valence-electron chi connectivity index (χ0n) is 9.89. The van der Waals surface area contributed by atoms with Gasteiger partial charge < -0.3 is 5.11 Å². The van der Waals surface area contributed by atoms with Crippen LogP contribution in [0.4, 0.5) is 18.9 Å². The fraction of sp³-hybridized carbons (Fsp3) is 0. The Morgan fingerprint density at radius 2 is 1.81 bits per heavy atom. The molecule has 0 amide bonds. The number of halogens is 3. The molecule has 1 aromatic carbocycles. The van der Waals surface area contributed by atoms with E-state index in [0.29, 0.717) is 6.20 Å². The van der Waals surface area contributed by atoms with Crippen LogP contribution in [0.3, 0.4) is 0 Å². The predicted molar refractivity (Wildman–Crippen MR) is 62.7 cm³/mol. The normalized spacial score (nSPS) is 11.4. The summed E-state index contributed by atoms with van der Waals surface area (Å²) in [5, 5.41) is 13.0. The molecule has 0 unspecified atom stereocenters. The standard InChI is InChI=1S/C10H6F3N3O4S/c11-4-1-6(12)8(7(13)2-4)16-21(19,20)9-5(10(17)18)3-14-15-9/h1-3,16H,(H,14,15)(H,17,18). The van der Waals surface area contributed by atoms with E-state index in [9.17, 15) is 26.4 Å². The SMILES string of the molecule is O=C(O)c1cn[nH]c1S(=O)(=O)Nc1c(F)cc(F)cc1F. The van der Waals surface area contributed by atoms with Crippen molar-refractivity contribution >= 4 is 21.7 Å². The molecular weight excluding hydrogens is 315 g/mol. The summed E-state index contributed by atoms with van der Waals surface area (Å²) in [5.74, 6) is -5.83. The number of benzene rings is 1. The minimum atomic E-state index is -4.65. The zero-order valence-corrected chi connectivity index (χ0v) is 10.7. The fourth-order valence-corrected chi connectivity index (χ4v) is 2.62. The maximum Gasteiger partial charge on any atom is 0.340 e. The van der Waals surface area contributed by atoms with Gasteiger partial charge in [0.25, 0.3) is 10.0 Å². The van der Waals surface area contributed by atoms with Crippen molar-refractivity contribution in [2.45, 2.75) is 5.03 Å². The van der Waals surface area contributed by atoms with E-state index in [2.05, 4.69) is 5.10 Å². The van der Waals surface area contributed by atoms with E-state index in [1.165, 1.54) is 4.72 Å². The van der Waals surface area contributed by atoms with E-state index in [0.717, 1.165) is 0 Å². The highest BCUT2D eigenvalue weighted by Gasteiger charge is 2.27. The lowest BCUT2D eigenvalue weighted by Crippen LogP contribution is -2.18. The number of nitrogens with one attached hydrogen (secondary N) is 2. The van der Waals surface area contributed by atoms with Crippen LogP contribution in [0.5, 0.6) is 0 Å². The highest BCUT2D eigenvalue weighted by atomic mass is 32.2. The zero-order chi connectivity index (χ0) is 15.8. The molecule has 0 saturated carbocycles.